The Bertz CT molecular complexity index is 571. The van der Waals surface area contributed by atoms with Gasteiger partial charge in [-0.1, -0.05) is 40.7 Å². The average molecular weight is 284 g/mol. The molecule has 0 aliphatic rings. The van der Waals surface area contributed by atoms with Crippen LogP contribution in [0.5, 0.6) is 0 Å². The smallest absolute Gasteiger partial charge is 0.237 e. The normalized spacial score (nSPS) is 11.7. The first kappa shape index (κ1) is 12.7. The molecule has 2 rings (SSSR count). The molecule has 0 unspecified atom stereocenters. The molecule has 94 valence electrons. The van der Waals surface area contributed by atoms with E-state index < -0.39 is 0 Å². The molecular weight excluding hydrogens is 274 g/mol. The molecule has 0 aliphatic carbocycles. The van der Waals surface area contributed by atoms with E-state index in [2.05, 4.69) is 15.2 Å². The van der Waals surface area contributed by atoms with Crippen LogP contribution in [0.15, 0.2) is 33.9 Å². The first-order valence-electron chi connectivity index (χ1n) is 4.93. The van der Waals surface area contributed by atoms with Crippen molar-refractivity contribution in [3.05, 3.63) is 35.2 Å². The van der Waals surface area contributed by atoms with Gasteiger partial charge in [0.15, 0.2) is 5.17 Å². The van der Waals surface area contributed by atoms with Crippen molar-refractivity contribution in [1.29, 1.82) is 0 Å². The standard InChI is InChI=1S/C10H10ClN5OS/c11-7-3-1-2-6(4-7)9-14-8(17-16-9)5-18-10(12)15-13/h1-4H,5,13H2,(H2,12,15). The third-order valence-corrected chi connectivity index (χ3v) is 3.05. The number of benzene rings is 1. The van der Waals surface area contributed by atoms with Gasteiger partial charge in [0.05, 0.1) is 5.75 Å². The van der Waals surface area contributed by atoms with Gasteiger partial charge in [-0.2, -0.15) is 10.1 Å². The Labute approximate surface area is 112 Å². The van der Waals surface area contributed by atoms with Crippen LogP contribution in [0.25, 0.3) is 11.4 Å². The fourth-order valence-corrected chi connectivity index (χ4v) is 1.88. The molecular formula is C10H10ClN5OS. The van der Waals surface area contributed by atoms with Crippen LogP contribution >= 0.6 is 23.4 Å². The SMILES string of the molecule is NN=C(N)SCc1nc(-c2cccc(Cl)c2)no1. The molecule has 0 atom stereocenters. The molecule has 18 heavy (non-hydrogen) atoms. The number of amidine groups is 1. The fourth-order valence-electron chi connectivity index (χ4n) is 1.23. The maximum Gasteiger partial charge on any atom is 0.237 e. The summed E-state index contributed by atoms with van der Waals surface area (Å²) in [5, 5.41) is 8.07. The topological polar surface area (TPSA) is 103 Å². The summed E-state index contributed by atoms with van der Waals surface area (Å²) in [5.41, 5.74) is 6.23. The highest BCUT2D eigenvalue weighted by Gasteiger charge is 2.09. The highest BCUT2D eigenvalue weighted by atomic mass is 35.5. The number of rotatable bonds is 3. The van der Waals surface area contributed by atoms with Crippen molar-refractivity contribution in [2.45, 2.75) is 5.75 Å². The van der Waals surface area contributed by atoms with E-state index >= 15 is 0 Å². The van der Waals surface area contributed by atoms with E-state index in [1.54, 1.807) is 12.1 Å². The van der Waals surface area contributed by atoms with Crippen molar-refractivity contribution in [2.24, 2.45) is 16.7 Å². The zero-order valence-electron chi connectivity index (χ0n) is 9.21. The Morgan fingerprint density at radius 2 is 2.33 bits per heavy atom. The lowest BCUT2D eigenvalue weighted by Gasteiger charge is -1.94. The highest BCUT2D eigenvalue weighted by Crippen LogP contribution is 2.21. The Hall–Kier alpha value is -1.73. The highest BCUT2D eigenvalue weighted by molar-refractivity contribution is 8.13. The summed E-state index contributed by atoms with van der Waals surface area (Å²) in [6.07, 6.45) is 0. The maximum absolute atomic E-state index is 5.89. The van der Waals surface area contributed by atoms with Crippen LogP contribution in [0, 0.1) is 0 Å². The maximum atomic E-state index is 5.89. The molecule has 1 aromatic heterocycles. The molecule has 0 radical (unpaired) electrons. The minimum atomic E-state index is 0.262. The lowest BCUT2D eigenvalue weighted by atomic mass is 10.2. The summed E-state index contributed by atoms with van der Waals surface area (Å²) in [7, 11) is 0. The van der Waals surface area contributed by atoms with Gasteiger partial charge in [-0.05, 0) is 12.1 Å². The molecule has 0 bridgehead atoms. The van der Waals surface area contributed by atoms with Gasteiger partial charge in [0.25, 0.3) is 0 Å². The van der Waals surface area contributed by atoms with Crippen molar-refractivity contribution < 1.29 is 4.52 Å². The second kappa shape index (κ2) is 5.74. The Kier molecular flexibility index (Phi) is 4.06. The van der Waals surface area contributed by atoms with Crippen LogP contribution in [-0.4, -0.2) is 15.3 Å². The molecule has 6 nitrogen and oxygen atoms in total. The number of nitrogens with two attached hydrogens (primary N) is 2. The second-order valence-corrected chi connectivity index (χ2v) is 4.71. The number of aromatic nitrogens is 2. The summed E-state index contributed by atoms with van der Waals surface area (Å²) < 4.78 is 5.08. The summed E-state index contributed by atoms with van der Waals surface area (Å²) in [6.45, 7) is 0. The van der Waals surface area contributed by atoms with Gasteiger partial charge >= 0.3 is 0 Å². The van der Waals surface area contributed by atoms with Gasteiger partial charge in [-0.3, -0.25) is 0 Å². The number of hydrazone groups is 1. The van der Waals surface area contributed by atoms with Crippen LogP contribution in [-0.2, 0) is 5.75 Å². The molecule has 2 aromatic rings. The third kappa shape index (κ3) is 3.14. The van der Waals surface area contributed by atoms with E-state index in [1.807, 2.05) is 12.1 Å². The van der Waals surface area contributed by atoms with Gasteiger partial charge in [-0.25, -0.2) is 0 Å². The predicted octanol–water partition coefficient (Wildman–Crippen LogP) is 1.81. The van der Waals surface area contributed by atoms with Gasteiger partial charge < -0.3 is 16.1 Å². The summed E-state index contributed by atoms with van der Waals surface area (Å²) in [4.78, 5) is 4.22. The Morgan fingerprint density at radius 1 is 1.50 bits per heavy atom. The minimum Gasteiger partial charge on any atom is -0.377 e. The summed E-state index contributed by atoms with van der Waals surface area (Å²) >= 11 is 7.11. The molecule has 8 heteroatoms. The van der Waals surface area contributed by atoms with Crippen LogP contribution in [0.2, 0.25) is 5.02 Å². The van der Waals surface area contributed by atoms with Crippen molar-refractivity contribution in [3.8, 4) is 11.4 Å². The first-order valence-corrected chi connectivity index (χ1v) is 6.30. The summed E-state index contributed by atoms with van der Waals surface area (Å²) in [5.74, 6) is 6.36. The Balaban J connectivity index is 2.11. The van der Waals surface area contributed by atoms with Crippen LogP contribution < -0.4 is 11.6 Å². The lowest BCUT2D eigenvalue weighted by molar-refractivity contribution is 0.392. The van der Waals surface area contributed by atoms with E-state index in [0.717, 1.165) is 5.56 Å². The number of hydrogen-bond donors (Lipinski definition) is 2. The van der Waals surface area contributed by atoms with Gasteiger partial charge in [0.2, 0.25) is 11.7 Å². The quantitative estimate of drug-likeness (QED) is 0.385. The van der Waals surface area contributed by atoms with E-state index in [4.69, 9.17) is 27.7 Å². The van der Waals surface area contributed by atoms with Crippen LogP contribution in [0.3, 0.4) is 0 Å². The molecule has 0 spiro atoms. The van der Waals surface area contributed by atoms with Crippen molar-refractivity contribution in [2.75, 3.05) is 0 Å². The molecule has 0 saturated carbocycles. The number of nitrogens with zero attached hydrogens (tertiary/aromatic N) is 3. The lowest BCUT2D eigenvalue weighted by Crippen LogP contribution is -2.09. The van der Waals surface area contributed by atoms with Crippen LogP contribution in [0.4, 0.5) is 0 Å². The second-order valence-electron chi connectivity index (χ2n) is 3.28. The monoisotopic (exact) mass is 283 g/mol. The Morgan fingerprint density at radius 3 is 3.06 bits per heavy atom. The predicted molar refractivity (Wildman–Crippen MR) is 71.8 cm³/mol. The summed E-state index contributed by atoms with van der Waals surface area (Å²) in [6, 6.07) is 7.21. The first-order chi connectivity index (χ1) is 8.69. The molecule has 0 fully saturated rings. The van der Waals surface area contributed by atoms with Gasteiger partial charge in [0, 0.05) is 10.6 Å². The molecule has 1 aromatic carbocycles. The zero-order chi connectivity index (χ0) is 13.0. The van der Waals surface area contributed by atoms with E-state index in [1.165, 1.54) is 11.8 Å². The van der Waals surface area contributed by atoms with E-state index in [-0.39, 0.29) is 5.17 Å². The third-order valence-electron chi connectivity index (χ3n) is 2.02. The zero-order valence-corrected chi connectivity index (χ0v) is 10.8. The fraction of sp³-hybridized carbons (Fsp3) is 0.100. The van der Waals surface area contributed by atoms with Gasteiger partial charge in [0.1, 0.15) is 0 Å². The molecule has 0 aliphatic heterocycles. The largest absolute Gasteiger partial charge is 0.377 e. The van der Waals surface area contributed by atoms with Gasteiger partial charge in [-0.15, -0.1) is 0 Å². The average Bonchev–Trinajstić information content (AvgIpc) is 2.84. The molecule has 0 amide bonds. The van der Waals surface area contributed by atoms with Crippen molar-refractivity contribution in [3.63, 3.8) is 0 Å². The molecule has 1 heterocycles. The number of halogens is 1. The van der Waals surface area contributed by atoms with Crippen molar-refractivity contribution >= 4 is 28.5 Å². The number of thioether (sulfide) groups is 1. The van der Waals surface area contributed by atoms with Crippen LogP contribution in [0.1, 0.15) is 5.89 Å². The minimum absolute atomic E-state index is 0.262. The van der Waals surface area contributed by atoms with E-state index in [9.17, 15) is 0 Å². The number of hydrogen-bond acceptors (Lipinski definition) is 6. The van der Waals surface area contributed by atoms with Crippen molar-refractivity contribution in [1.82, 2.24) is 10.1 Å². The van der Waals surface area contributed by atoms with E-state index in [0.29, 0.717) is 22.5 Å². The molecule has 4 N–H and O–H groups in total. The molecule has 0 saturated heterocycles.